The topological polar surface area (TPSA) is 109 Å². The Balaban J connectivity index is 0.00000300. The average molecular weight is 533 g/mol. The zero-order valence-corrected chi connectivity index (χ0v) is 19.6. The van der Waals surface area contributed by atoms with E-state index in [0.29, 0.717) is 30.9 Å². The number of sulfonamides is 1. The molecule has 0 amide bonds. The van der Waals surface area contributed by atoms with E-state index in [1.807, 2.05) is 30.3 Å². The molecule has 0 aliphatic heterocycles. The molecule has 0 radical (unpaired) electrons. The Hall–Kier alpha value is -1.66. The summed E-state index contributed by atoms with van der Waals surface area (Å²) in [5, 5.41) is 6.12. The first-order chi connectivity index (χ1) is 13.6. The fourth-order valence-corrected chi connectivity index (χ4v) is 3.82. The first-order valence-corrected chi connectivity index (χ1v) is 11.1. The lowest BCUT2D eigenvalue weighted by atomic mass is 9.86. The van der Waals surface area contributed by atoms with Crippen molar-refractivity contribution in [2.45, 2.75) is 25.8 Å². The van der Waals surface area contributed by atoms with Gasteiger partial charge in [-0.1, -0.05) is 24.6 Å². The number of oxazole rings is 1. The van der Waals surface area contributed by atoms with Crippen molar-refractivity contribution in [3.63, 3.8) is 0 Å². The normalized spacial score (nSPS) is 14.7. The number of hydrogen-bond donors (Lipinski definition) is 3. The van der Waals surface area contributed by atoms with Crippen LogP contribution in [0.25, 0.3) is 11.5 Å². The van der Waals surface area contributed by atoms with Crippen molar-refractivity contribution in [2.24, 2.45) is 10.9 Å². The van der Waals surface area contributed by atoms with E-state index in [2.05, 4.69) is 25.3 Å². The highest BCUT2D eigenvalue weighted by atomic mass is 127. The monoisotopic (exact) mass is 533 g/mol. The minimum Gasteiger partial charge on any atom is -0.444 e. The lowest BCUT2D eigenvalue weighted by Crippen LogP contribution is -2.41. The van der Waals surface area contributed by atoms with Gasteiger partial charge in [-0.25, -0.2) is 18.1 Å². The van der Waals surface area contributed by atoms with E-state index in [0.717, 1.165) is 24.1 Å². The Morgan fingerprint density at radius 2 is 2.00 bits per heavy atom. The van der Waals surface area contributed by atoms with Gasteiger partial charge < -0.3 is 15.1 Å². The molecule has 0 spiro atoms. The van der Waals surface area contributed by atoms with Gasteiger partial charge in [-0.2, -0.15) is 0 Å². The second-order valence-electron chi connectivity index (χ2n) is 6.83. The molecule has 2 aromatic rings. The van der Waals surface area contributed by atoms with Gasteiger partial charge in [0.2, 0.25) is 15.9 Å². The third-order valence-electron chi connectivity index (χ3n) is 4.71. The number of aromatic nitrogens is 1. The van der Waals surface area contributed by atoms with E-state index in [1.165, 1.54) is 6.42 Å². The summed E-state index contributed by atoms with van der Waals surface area (Å²) >= 11 is 0. The Labute approximate surface area is 189 Å². The van der Waals surface area contributed by atoms with Gasteiger partial charge in [0, 0.05) is 25.7 Å². The molecule has 1 aliphatic rings. The van der Waals surface area contributed by atoms with E-state index in [4.69, 9.17) is 4.42 Å². The Morgan fingerprint density at radius 1 is 1.24 bits per heavy atom. The predicted molar refractivity (Wildman–Crippen MR) is 125 cm³/mol. The summed E-state index contributed by atoms with van der Waals surface area (Å²) in [5.41, 5.74) is 1.65. The van der Waals surface area contributed by atoms with Crippen molar-refractivity contribution in [1.82, 2.24) is 20.3 Å². The molecule has 1 aromatic heterocycles. The van der Waals surface area contributed by atoms with Crippen LogP contribution in [0.4, 0.5) is 0 Å². The maximum atomic E-state index is 12.0. The molecule has 1 aliphatic carbocycles. The fourth-order valence-electron chi connectivity index (χ4n) is 2.81. The van der Waals surface area contributed by atoms with Crippen molar-refractivity contribution in [3.05, 3.63) is 42.3 Å². The molecule has 0 bridgehead atoms. The molecule has 10 heteroatoms. The van der Waals surface area contributed by atoms with Crippen LogP contribution in [-0.4, -0.2) is 45.3 Å². The molecule has 29 heavy (non-hydrogen) atoms. The van der Waals surface area contributed by atoms with Crippen LogP contribution in [0.5, 0.6) is 0 Å². The molecular formula is C19H28IN5O3S. The third kappa shape index (κ3) is 7.59. The van der Waals surface area contributed by atoms with Crippen molar-refractivity contribution in [1.29, 1.82) is 0 Å². The number of aliphatic imine (C=N–C) groups is 1. The highest BCUT2D eigenvalue weighted by molar-refractivity contribution is 14.0. The van der Waals surface area contributed by atoms with E-state index in [1.54, 1.807) is 13.3 Å². The first kappa shape index (κ1) is 23.6. The van der Waals surface area contributed by atoms with Gasteiger partial charge in [-0.3, -0.25) is 4.99 Å². The van der Waals surface area contributed by atoms with Crippen LogP contribution in [-0.2, 0) is 16.6 Å². The van der Waals surface area contributed by atoms with Crippen LogP contribution >= 0.6 is 24.0 Å². The molecule has 1 aromatic carbocycles. The molecule has 1 heterocycles. The number of nitrogens with zero attached hydrogens (tertiary/aromatic N) is 2. The summed E-state index contributed by atoms with van der Waals surface area (Å²) < 4.78 is 32.2. The summed E-state index contributed by atoms with van der Waals surface area (Å²) in [5.74, 6) is 1.57. The number of rotatable bonds is 9. The number of halogens is 1. The molecule has 3 rings (SSSR count). The molecule has 1 fully saturated rings. The van der Waals surface area contributed by atoms with E-state index >= 15 is 0 Å². The largest absolute Gasteiger partial charge is 0.444 e. The smallest absolute Gasteiger partial charge is 0.226 e. The summed E-state index contributed by atoms with van der Waals surface area (Å²) in [4.78, 5) is 8.55. The minimum atomic E-state index is -3.27. The molecule has 0 saturated heterocycles. The number of nitrogens with one attached hydrogen (secondary N) is 3. The lowest BCUT2D eigenvalue weighted by Gasteiger charge is -2.25. The van der Waals surface area contributed by atoms with Gasteiger partial charge >= 0.3 is 0 Å². The van der Waals surface area contributed by atoms with Crippen molar-refractivity contribution >= 4 is 40.0 Å². The Kier molecular flexibility index (Phi) is 9.37. The molecular weight excluding hydrogens is 505 g/mol. The van der Waals surface area contributed by atoms with Gasteiger partial charge in [0.05, 0.1) is 18.0 Å². The van der Waals surface area contributed by atoms with Crippen LogP contribution in [0.3, 0.4) is 0 Å². The maximum Gasteiger partial charge on any atom is 0.226 e. The summed E-state index contributed by atoms with van der Waals surface area (Å²) in [7, 11) is -1.64. The van der Waals surface area contributed by atoms with Gasteiger partial charge in [-0.15, -0.1) is 24.0 Å². The van der Waals surface area contributed by atoms with Crippen LogP contribution in [0.2, 0.25) is 0 Å². The third-order valence-corrected chi connectivity index (χ3v) is 6.06. The van der Waals surface area contributed by atoms with E-state index in [-0.39, 0.29) is 36.3 Å². The number of guanidine groups is 1. The average Bonchev–Trinajstić information content (AvgIpc) is 3.13. The quantitative estimate of drug-likeness (QED) is 0.260. The predicted octanol–water partition coefficient (Wildman–Crippen LogP) is 2.34. The molecule has 0 atom stereocenters. The molecule has 1 saturated carbocycles. The number of hydrogen-bond acceptors (Lipinski definition) is 5. The highest BCUT2D eigenvalue weighted by Gasteiger charge is 2.20. The molecule has 160 valence electrons. The van der Waals surface area contributed by atoms with E-state index in [9.17, 15) is 8.42 Å². The lowest BCUT2D eigenvalue weighted by molar-refractivity contribution is 0.316. The van der Waals surface area contributed by atoms with Crippen LogP contribution < -0.4 is 15.4 Å². The fraction of sp³-hybridized carbons (Fsp3) is 0.474. The van der Waals surface area contributed by atoms with Gasteiger partial charge in [0.25, 0.3) is 0 Å². The van der Waals surface area contributed by atoms with Gasteiger partial charge in [0.1, 0.15) is 6.26 Å². The van der Waals surface area contributed by atoms with Crippen molar-refractivity contribution in [3.8, 4) is 11.5 Å². The van der Waals surface area contributed by atoms with Gasteiger partial charge in [0.15, 0.2) is 5.96 Å². The van der Waals surface area contributed by atoms with Crippen molar-refractivity contribution in [2.75, 3.05) is 25.9 Å². The zero-order valence-electron chi connectivity index (χ0n) is 16.4. The Morgan fingerprint density at radius 3 is 2.66 bits per heavy atom. The molecule has 3 N–H and O–H groups in total. The summed E-state index contributed by atoms with van der Waals surface area (Å²) in [6.45, 7) is 1.24. The van der Waals surface area contributed by atoms with Crippen LogP contribution in [0.15, 0.2) is 46.0 Å². The standard InChI is InChI=1S/C19H27N5O3S.HI/c1-20-19(21-10-11-28(25,26)23-12-15-6-5-7-15)22-13-17-14-27-18(24-17)16-8-3-2-4-9-16;/h2-4,8-9,14-15,23H,5-7,10-13H2,1H3,(H2,20,21,22);1H. The second kappa shape index (κ2) is 11.5. The maximum absolute atomic E-state index is 12.0. The molecule has 0 unspecified atom stereocenters. The molecule has 8 nitrogen and oxygen atoms in total. The zero-order chi connectivity index (χ0) is 19.8. The second-order valence-corrected chi connectivity index (χ2v) is 8.75. The summed E-state index contributed by atoms with van der Waals surface area (Å²) in [6, 6.07) is 9.66. The van der Waals surface area contributed by atoms with Crippen LogP contribution in [0.1, 0.15) is 25.0 Å². The Bertz CT molecular complexity index is 882. The minimum absolute atomic E-state index is 0. The van der Waals surface area contributed by atoms with E-state index < -0.39 is 10.0 Å². The SMILES string of the molecule is CN=C(NCCS(=O)(=O)NCC1CCC1)NCc1coc(-c2ccccc2)n1.I. The highest BCUT2D eigenvalue weighted by Crippen LogP contribution is 2.25. The number of benzene rings is 1. The summed E-state index contributed by atoms with van der Waals surface area (Å²) in [6.07, 6.45) is 5.03. The van der Waals surface area contributed by atoms with Gasteiger partial charge in [-0.05, 0) is 30.9 Å². The van der Waals surface area contributed by atoms with Crippen LogP contribution in [0, 0.1) is 5.92 Å². The van der Waals surface area contributed by atoms with Crippen molar-refractivity contribution < 1.29 is 12.8 Å². The first-order valence-electron chi connectivity index (χ1n) is 9.47.